The molecule has 3 atom stereocenters. The first-order chi connectivity index (χ1) is 17.6. The lowest BCUT2D eigenvalue weighted by molar-refractivity contribution is -0.126. The van der Waals surface area contributed by atoms with Crippen molar-refractivity contribution in [1.82, 2.24) is 0 Å². The fourth-order valence-corrected chi connectivity index (χ4v) is 4.89. The molecule has 0 saturated carbocycles. The summed E-state index contributed by atoms with van der Waals surface area (Å²) in [5.41, 5.74) is 3.27. The number of hydrogen-bond donors (Lipinski definition) is 0. The first-order valence-electron chi connectivity index (χ1n) is 12.4. The minimum atomic E-state index is -0.921. The van der Waals surface area contributed by atoms with E-state index in [2.05, 4.69) is 6.92 Å². The summed E-state index contributed by atoms with van der Waals surface area (Å²) >= 11 is 0. The Hall–Kier alpha value is -3.84. The summed E-state index contributed by atoms with van der Waals surface area (Å²) < 4.78 is 11.4. The van der Waals surface area contributed by atoms with Crippen molar-refractivity contribution < 1.29 is 23.9 Å². The molecule has 0 aromatic heterocycles. The molecule has 0 N–H and O–H groups in total. The third-order valence-electron chi connectivity index (χ3n) is 6.72. The van der Waals surface area contributed by atoms with Gasteiger partial charge in [-0.05, 0) is 60.4 Å². The Balaban J connectivity index is 1.55. The van der Waals surface area contributed by atoms with E-state index >= 15 is 0 Å². The van der Waals surface area contributed by atoms with Crippen LogP contribution in [-0.4, -0.2) is 31.6 Å². The summed E-state index contributed by atoms with van der Waals surface area (Å²) in [6, 6.07) is 22.2. The average Bonchev–Trinajstić information content (AvgIpc) is 3.43. The number of carbonyl (C=O) groups is 2. The molecule has 5 rings (SSSR count). The smallest absolute Gasteiger partial charge is 0.266 e. The largest absolute Gasteiger partial charge is 0.493 e. The molecule has 3 aromatic carbocycles. The SMILES string of the molecule is CCCOc1ccc([C@@H]2[C@@H]3C(=O)N(c4ccc(CC)cc4)C(=O)[C@@H]3ON2c2ccccc2)cc1OC. The molecule has 2 saturated heterocycles. The van der Waals surface area contributed by atoms with Crippen LogP contribution in [0, 0.1) is 5.92 Å². The van der Waals surface area contributed by atoms with E-state index < -0.39 is 18.1 Å². The van der Waals surface area contributed by atoms with Crippen LogP contribution in [0.4, 0.5) is 11.4 Å². The standard InChI is InChI=1S/C29H30N2O5/c1-4-17-35-23-16-13-20(18-24(23)34-3)26-25-27(36-31(26)22-9-7-6-8-10-22)29(33)30(28(25)32)21-14-11-19(5-2)12-15-21/h6-16,18,25-27H,4-5,17H2,1-3H3/t25-,26+,27+/m0/s1. The predicted molar refractivity (Wildman–Crippen MR) is 137 cm³/mol. The number of methoxy groups -OCH3 is 1. The molecule has 0 radical (unpaired) electrons. The van der Waals surface area contributed by atoms with Gasteiger partial charge < -0.3 is 9.47 Å². The lowest BCUT2D eigenvalue weighted by Crippen LogP contribution is -2.37. The maximum atomic E-state index is 13.8. The second-order valence-electron chi connectivity index (χ2n) is 8.95. The van der Waals surface area contributed by atoms with Gasteiger partial charge in [0.2, 0.25) is 5.91 Å². The highest BCUT2D eigenvalue weighted by Gasteiger charge is 2.60. The van der Waals surface area contributed by atoms with Crippen LogP contribution in [0.15, 0.2) is 72.8 Å². The monoisotopic (exact) mass is 486 g/mol. The van der Waals surface area contributed by atoms with Crippen molar-refractivity contribution in [3.63, 3.8) is 0 Å². The van der Waals surface area contributed by atoms with E-state index in [1.165, 1.54) is 4.90 Å². The molecular formula is C29H30N2O5. The maximum absolute atomic E-state index is 13.8. The van der Waals surface area contributed by atoms with Gasteiger partial charge in [0.05, 0.1) is 31.1 Å². The number of amides is 2. The van der Waals surface area contributed by atoms with Crippen LogP contribution in [0.1, 0.15) is 37.4 Å². The number of para-hydroxylation sites is 1. The summed E-state index contributed by atoms with van der Waals surface area (Å²) in [4.78, 5) is 34.8. The minimum Gasteiger partial charge on any atom is -0.493 e. The summed E-state index contributed by atoms with van der Waals surface area (Å²) in [5, 5.41) is 1.68. The molecule has 7 nitrogen and oxygen atoms in total. The zero-order chi connectivity index (χ0) is 25.2. The number of aryl methyl sites for hydroxylation is 1. The Bertz CT molecular complexity index is 1240. The van der Waals surface area contributed by atoms with Crippen LogP contribution >= 0.6 is 0 Å². The molecule has 2 aliphatic rings. The summed E-state index contributed by atoms with van der Waals surface area (Å²) in [7, 11) is 1.59. The quantitative estimate of drug-likeness (QED) is 0.413. The van der Waals surface area contributed by atoms with Gasteiger partial charge in [0, 0.05) is 0 Å². The minimum absolute atomic E-state index is 0.275. The van der Waals surface area contributed by atoms with Crippen molar-refractivity contribution in [2.75, 3.05) is 23.7 Å². The molecule has 7 heteroatoms. The van der Waals surface area contributed by atoms with E-state index in [-0.39, 0.29) is 11.8 Å². The van der Waals surface area contributed by atoms with E-state index in [0.29, 0.717) is 23.8 Å². The summed E-state index contributed by atoms with van der Waals surface area (Å²) in [6.45, 7) is 4.68. The van der Waals surface area contributed by atoms with E-state index in [1.54, 1.807) is 12.2 Å². The summed E-state index contributed by atoms with van der Waals surface area (Å²) in [6.07, 6.45) is 0.832. The van der Waals surface area contributed by atoms with Gasteiger partial charge in [-0.3, -0.25) is 14.4 Å². The molecule has 2 aliphatic heterocycles. The number of hydroxylamine groups is 1. The molecule has 2 fully saturated rings. The number of fused-ring (bicyclic) bond motifs is 1. The van der Waals surface area contributed by atoms with Crippen LogP contribution in [0.2, 0.25) is 0 Å². The number of rotatable bonds is 8. The van der Waals surface area contributed by atoms with Crippen molar-refractivity contribution in [3.8, 4) is 11.5 Å². The van der Waals surface area contributed by atoms with Crippen LogP contribution in [0.25, 0.3) is 0 Å². The Kier molecular flexibility index (Phi) is 6.65. The van der Waals surface area contributed by atoms with Gasteiger partial charge in [0.15, 0.2) is 17.6 Å². The predicted octanol–water partition coefficient (Wildman–Crippen LogP) is 5.10. The highest BCUT2D eigenvalue weighted by molar-refractivity contribution is 6.23. The molecule has 3 aromatic rings. The first kappa shape index (κ1) is 23.9. The number of carbonyl (C=O) groups excluding carboxylic acids is 2. The number of anilines is 2. The molecule has 2 heterocycles. The number of imide groups is 1. The Morgan fingerprint density at radius 2 is 1.61 bits per heavy atom. The molecule has 186 valence electrons. The third kappa shape index (κ3) is 4.09. The number of hydrogen-bond acceptors (Lipinski definition) is 6. The van der Waals surface area contributed by atoms with E-state index in [9.17, 15) is 9.59 Å². The lowest BCUT2D eigenvalue weighted by Gasteiger charge is -2.29. The van der Waals surface area contributed by atoms with Crippen molar-refractivity contribution in [2.24, 2.45) is 5.92 Å². The highest BCUT2D eigenvalue weighted by atomic mass is 16.7. The van der Waals surface area contributed by atoms with Gasteiger partial charge in [-0.25, -0.2) is 9.96 Å². The highest BCUT2D eigenvalue weighted by Crippen LogP contribution is 2.48. The third-order valence-corrected chi connectivity index (χ3v) is 6.72. The second-order valence-corrected chi connectivity index (χ2v) is 8.95. The Morgan fingerprint density at radius 3 is 2.28 bits per heavy atom. The molecule has 36 heavy (non-hydrogen) atoms. The zero-order valence-corrected chi connectivity index (χ0v) is 20.7. The van der Waals surface area contributed by atoms with Crippen molar-refractivity contribution in [3.05, 3.63) is 83.9 Å². The number of benzene rings is 3. The van der Waals surface area contributed by atoms with Crippen LogP contribution in [0.3, 0.4) is 0 Å². The van der Waals surface area contributed by atoms with Crippen LogP contribution in [0.5, 0.6) is 11.5 Å². The lowest BCUT2D eigenvalue weighted by atomic mass is 9.90. The fourth-order valence-electron chi connectivity index (χ4n) is 4.89. The van der Waals surface area contributed by atoms with E-state index in [1.807, 2.05) is 79.7 Å². The molecule has 2 amide bonds. The fraction of sp³-hybridized carbons (Fsp3) is 0.310. The van der Waals surface area contributed by atoms with Crippen LogP contribution < -0.4 is 19.4 Å². The maximum Gasteiger partial charge on any atom is 0.266 e. The number of ether oxygens (including phenoxy) is 2. The van der Waals surface area contributed by atoms with Crippen LogP contribution in [-0.2, 0) is 20.8 Å². The molecule has 0 bridgehead atoms. The second kappa shape index (κ2) is 10.0. The van der Waals surface area contributed by atoms with Crippen molar-refractivity contribution in [2.45, 2.75) is 38.8 Å². The van der Waals surface area contributed by atoms with Crippen molar-refractivity contribution in [1.29, 1.82) is 0 Å². The van der Waals surface area contributed by atoms with E-state index in [0.717, 1.165) is 29.7 Å². The summed E-state index contributed by atoms with van der Waals surface area (Å²) in [5.74, 6) is -0.135. The first-order valence-corrected chi connectivity index (χ1v) is 12.4. The van der Waals surface area contributed by atoms with Gasteiger partial charge in [0.1, 0.15) is 5.92 Å². The normalized spacial score (nSPS) is 21.1. The molecule has 0 aliphatic carbocycles. The topological polar surface area (TPSA) is 68.3 Å². The van der Waals surface area contributed by atoms with E-state index in [4.69, 9.17) is 14.3 Å². The number of nitrogens with zero attached hydrogens (tertiary/aromatic N) is 2. The average molecular weight is 487 g/mol. The van der Waals surface area contributed by atoms with Gasteiger partial charge in [-0.1, -0.05) is 50.2 Å². The van der Waals surface area contributed by atoms with Crippen molar-refractivity contribution >= 4 is 23.2 Å². The molecule has 0 spiro atoms. The molecule has 0 unspecified atom stereocenters. The Labute approximate surface area is 211 Å². The van der Waals surface area contributed by atoms with Gasteiger partial charge >= 0.3 is 0 Å². The molecular weight excluding hydrogens is 456 g/mol. The van der Waals surface area contributed by atoms with Gasteiger partial charge in [-0.2, -0.15) is 0 Å². The van der Waals surface area contributed by atoms with Gasteiger partial charge in [0.25, 0.3) is 5.91 Å². The zero-order valence-electron chi connectivity index (χ0n) is 20.7. The van der Waals surface area contributed by atoms with Gasteiger partial charge in [-0.15, -0.1) is 0 Å². The Morgan fingerprint density at radius 1 is 0.861 bits per heavy atom.